The summed E-state index contributed by atoms with van der Waals surface area (Å²) < 4.78 is 15.5. The molecule has 0 unspecified atom stereocenters. The largest absolute Gasteiger partial charge is 0.381 e. The standard InChI is InChI=1S/C26H25FN4O3S/c1-14(2)15-7-9-16(10-8-15)24(33)31-22(18-5-3-4-6-19(18)27)23(32)25(34)29-17-11-12-21-20(13-17)30-26(28)35-21/h3-14,22-23,32H,1-2H3,(H2,28,30)(H,29,34)(H,31,33)/t22-,23+/m0/s1. The van der Waals surface area contributed by atoms with Crippen LogP contribution in [-0.2, 0) is 4.79 Å². The number of fused-ring (bicyclic) bond motifs is 1. The third kappa shape index (κ3) is 5.47. The molecule has 180 valence electrons. The van der Waals surface area contributed by atoms with Crippen LogP contribution in [0.3, 0.4) is 0 Å². The summed E-state index contributed by atoms with van der Waals surface area (Å²) in [6.45, 7) is 4.08. The molecule has 2 atom stereocenters. The topological polar surface area (TPSA) is 117 Å². The van der Waals surface area contributed by atoms with Gasteiger partial charge in [-0.05, 0) is 47.9 Å². The van der Waals surface area contributed by atoms with Crippen molar-refractivity contribution in [1.29, 1.82) is 0 Å². The van der Waals surface area contributed by atoms with Crippen molar-refractivity contribution in [3.05, 3.63) is 89.2 Å². The van der Waals surface area contributed by atoms with Crippen LogP contribution in [0.1, 0.15) is 47.3 Å². The lowest BCUT2D eigenvalue weighted by atomic mass is 9.98. The summed E-state index contributed by atoms with van der Waals surface area (Å²) in [4.78, 5) is 30.1. The molecule has 5 N–H and O–H groups in total. The number of hydrogen-bond donors (Lipinski definition) is 4. The van der Waals surface area contributed by atoms with Crippen molar-refractivity contribution >= 4 is 44.2 Å². The minimum absolute atomic E-state index is 0.00923. The van der Waals surface area contributed by atoms with Gasteiger partial charge in [-0.25, -0.2) is 9.37 Å². The average molecular weight is 493 g/mol. The molecule has 0 fully saturated rings. The molecule has 0 bridgehead atoms. The quantitative estimate of drug-likeness (QED) is 0.301. The first kappa shape index (κ1) is 24.3. The molecule has 0 aliphatic rings. The van der Waals surface area contributed by atoms with Crippen molar-refractivity contribution < 1.29 is 19.1 Å². The van der Waals surface area contributed by atoms with Crippen molar-refractivity contribution in [3.63, 3.8) is 0 Å². The molecule has 0 saturated carbocycles. The summed E-state index contributed by atoms with van der Waals surface area (Å²) in [5, 5.41) is 16.5. The Labute approximate surface area is 205 Å². The lowest BCUT2D eigenvalue weighted by Gasteiger charge is -2.24. The molecule has 3 aromatic carbocycles. The van der Waals surface area contributed by atoms with Gasteiger partial charge in [0.05, 0.1) is 16.3 Å². The van der Waals surface area contributed by atoms with Crippen LogP contribution < -0.4 is 16.4 Å². The fourth-order valence-corrected chi connectivity index (χ4v) is 4.40. The van der Waals surface area contributed by atoms with Gasteiger partial charge in [-0.15, -0.1) is 0 Å². The van der Waals surface area contributed by atoms with E-state index < -0.39 is 29.8 Å². The van der Waals surface area contributed by atoms with Gasteiger partial charge in [0.15, 0.2) is 11.2 Å². The normalized spacial score (nSPS) is 12.9. The number of aromatic nitrogens is 1. The van der Waals surface area contributed by atoms with Crippen molar-refractivity contribution in [2.45, 2.75) is 31.9 Å². The van der Waals surface area contributed by atoms with Gasteiger partial charge in [0, 0.05) is 16.8 Å². The zero-order valence-corrected chi connectivity index (χ0v) is 20.0. The summed E-state index contributed by atoms with van der Waals surface area (Å²) in [5.41, 5.74) is 8.09. The number of nitrogens with two attached hydrogens (primary N) is 1. The van der Waals surface area contributed by atoms with Gasteiger partial charge in [0.1, 0.15) is 5.82 Å². The van der Waals surface area contributed by atoms with Crippen LogP contribution in [0.5, 0.6) is 0 Å². The molecular weight excluding hydrogens is 467 g/mol. The maximum Gasteiger partial charge on any atom is 0.255 e. The Balaban J connectivity index is 1.58. The second-order valence-corrected chi connectivity index (χ2v) is 9.48. The van der Waals surface area contributed by atoms with E-state index in [-0.39, 0.29) is 5.56 Å². The molecule has 2 amide bonds. The Kier molecular flexibility index (Phi) is 7.09. The Morgan fingerprint density at radius 1 is 1.06 bits per heavy atom. The highest BCUT2D eigenvalue weighted by Gasteiger charge is 2.31. The Bertz CT molecular complexity index is 1370. The third-order valence-electron chi connectivity index (χ3n) is 5.62. The maximum absolute atomic E-state index is 14.6. The number of anilines is 2. The number of nitrogen functional groups attached to an aromatic ring is 1. The molecule has 1 aromatic heterocycles. The van der Waals surface area contributed by atoms with Gasteiger partial charge >= 0.3 is 0 Å². The van der Waals surface area contributed by atoms with Crippen molar-refractivity contribution in [1.82, 2.24) is 10.3 Å². The fourth-order valence-electron chi connectivity index (χ4n) is 3.69. The molecule has 7 nitrogen and oxygen atoms in total. The molecule has 4 rings (SSSR count). The summed E-state index contributed by atoms with van der Waals surface area (Å²) >= 11 is 1.31. The number of carbonyl (C=O) groups excluding carboxylic acids is 2. The number of rotatable bonds is 7. The number of aliphatic hydroxyl groups excluding tert-OH is 1. The van der Waals surface area contributed by atoms with E-state index in [1.807, 2.05) is 26.0 Å². The number of nitrogens with zero attached hydrogens (tertiary/aromatic N) is 1. The first-order valence-corrected chi connectivity index (χ1v) is 11.8. The highest BCUT2D eigenvalue weighted by molar-refractivity contribution is 7.22. The second kappa shape index (κ2) is 10.2. The van der Waals surface area contributed by atoms with Gasteiger partial charge in [0.2, 0.25) is 0 Å². The molecule has 4 aromatic rings. The predicted molar refractivity (Wildman–Crippen MR) is 136 cm³/mol. The lowest BCUT2D eigenvalue weighted by Crippen LogP contribution is -2.43. The highest BCUT2D eigenvalue weighted by Crippen LogP contribution is 2.27. The number of thiazole rings is 1. The van der Waals surface area contributed by atoms with Crippen LogP contribution in [-0.4, -0.2) is 28.0 Å². The van der Waals surface area contributed by atoms with Crippen LogP contribution in [0, 0.1) is 5.82 Å². The fraction of sp³-hybridized carbons (Fsp3) is 0.192. The smallest absolute Gasteiger partial charge is 0.255 e. The lowest BCUT2D eigenvalue weighted by molar-refractivity contribution is -0.125. The minimum Gasteiger partial charge on any atom is -0.381 e. The van der Waals surface area contributed by atoms with Crippen LogP contribution in [0.2, 0.25) is 0 Å². The van der Waals surface area contributed by atoms with E-state index in [4.69, 9.17) is 5.73 Å². The summed E-state index contributed by atoms with van der Waals surface area (Å²) in [5.74, 6) is -1.71. The first-order chi connectivity index (χ1) is 16.7. The van der Waals surface area contributed by atoms with Crippen LogP contribution in [0.25, 0.3) is 10.2 Å². The van der Waals surface area contributed by atoms with Gasteiger partial charge in [-0.2, -0.15) is 0 Å². The zero-order chi connectivity index (χ0) is 25.1. The van der Waals surface area contributed by atoms with E-state index in [9.17, 15) is 19.1 Å². The SMILES string of the molecule is CC(C)c1ccc(C(=O)N[C@@H](c2ccccc2F)[C@@H](O)C(=O)Nc2ccc3sc(N)nc3c2)cc1. The predicted octanol–water partition coefficient (Wildman–Crippen LogP) is 4.61. The molecule has 0 radical (unpaired) electrons. The molecule has 0 aliphatic heterocycles. The highest BCUT2D eigenvalue weighted by atomic mass is 32.1. The monoisotopic (exact) mass is 492 g/mol. The van der Waals surface area contributed by atoms with E-state index in [2.05, 4.69) is 15.6 Å². The van der Waals surface area contributed by atoms with E-state index in [0.29, 0.717) is 27.8 Å². The number of benzene rings is 3. The summed E-state index contributed by atoms with van der Waals surface area (Å²) in [6.07, 6.45) is -1.78. The number of amides is 2. The summed E-state index contributed by atoms with van der Waals surface area (Å²) in [6, 6.07) is 16.4. The summed E-state index contributed by atoms with van der Waals surface area (Å²) in [7, 11) is 0. The van der Waals surface area contributed by atoms with Crippen LogP contribution in [0.15, 0.2) is 66.7 Å². The molecule has 0 spiro atoms. The third-order valence-corrected chi connectivity index (χ3v) is 6.49. The number of carbonyl (C=O) groups is 2. The second-order valence-electron chi connectivity index (χ2n) is 8.42. The van der Waals surface area contributed by atoms with Crippen molar-refractivity contribution in [3.8, 4) is 0 Å². The van der Waals surface area contributed by atoms with Gasteiger partial charge in [-0.1, -0.05) is 55.5 Å². The molecule has 0 aliphatic carbocycles. The first-order valence-electron chi connectivity index (χ1n) is 11.0. The number of aliphatic hydroxyl groups is 1. The van der Waals surface area contributed by atoms with Gasteiger partial charge in [0.25, 0.3) is 11.8 Å². The van der Waals surface area contributed by atoms with E-state index in [1.54, 1.807) is 36.4 Å². The maximum atomic E-state index is 14.6. The van der Waals surface area contributed by atoms with Gasteiger partial charge in [-0.3, -0.25) is 9.59 Å². The number of halogens is 1. The number of hydrogen-bond acceptors (Lipinski definition) is 6. The van der Waals surface area contributed by atoms with Crippen LogP contribution >= 0.6 is 11.3 Å². The van der Waals surface area contributed by atoms with Gasteiger partial charge < -0.3 is 21.5 Å². The molecular formula is C26H25FN4O3S. The van der Waals surface area contributed by atoms with E-state index in [1.165, 1.54) is 29.5 Å². The Morgan fingerprint density at radius 3 is 2.46 bits per heavy atom. The molecule has 35 heavy (non-hydrogen) atoms. The minimum atomic E-state index is -1.78. The van der Waals surface area contributed by atoms with Crippen molar-refractivity contribution in [2.24, 2.45) is 0 Å². The van der Waals surface area contributed by atoms with E-state index in [0.717, 1.165) is 10.3 Å². The van der Waals surface area contributed by atoms with Crippen molar-refractivity contribution in [2.75, 3.05) is 11.1 Å². The molecule has 9 heteroatoms. The Hall–Kier alpha value is -3.82. The zero-order valence-electron chi connectivity index (χ0n) is 19.2. The number of nitrogens with one attached hydrogen (secondary N) is 2. The molecule has 1 heterocycles. The Morgan fingerprint density at radius 2 is 1.77 bits per heavy atom. The average Bonchev–Trinajstić information content (AvgIpc) is 3.21. The van der Waals surface area contributed by atoms with E-state index >= 15 is 0 Å². The molecule has 0 saturated heterocycles. The van der Waals surface area contributed by atoms with Crippen LogP contribution in [0.4, 0.5) is 15.2 Å².